The van der Waals surface area contributed by atoms with Crippen LogP contribution < -0.4 is 5.32 Å². The molecule has 0 aromatic carbocycles. The van der Waals surface area contributed by atoms with Crippen LogP contribution in [-0.4, -0.2) is 47.4 Å². The van der Waals surface area contributed by atoms with E-state index in [0.29, 0.717) is 19.4 Å². The molecule has 2 unspecified atom stereocenters. The van der Waals surface area contributed by atoms with E-state index in [9.17, 15) is 19.8 Å². The SMILES string of the molecule is CCCC/C=C\CCCCCCCC(=O)OCCCCCCCCCCCCCC/C=C\CCCCCCCCCCCCCCCCCCCC(=O)NC(CO)C(O)/C=C/CCCCCCCCCCCCCCC. The van der Waals surface area contributed by atoms with Crippen LogP contribution in [0.5, 0.6) is 0 Å². The molecular weight excluding hydrogens is 935 g/mol. The second-order valence-electron chi connectivity index (χ2n) is 23.5. The number of unbranched alkanes of at least 4 members (excludes halogenated alkanes) is 49. The Labute approximate surface area is 474 Å². The molecule has 3 N–H and O–H groups in total. The fourth-order valence-electron chi connectivity index (χ4n) is 10.6. The van der Waals surface area contributed by atoms with Crippen molar-refractivity contribution in [2.24, 2.45) is 0 Å². The van der Waals surface area contributed by atoms with Crippen LogP contribution in [0.1, 0.15) is 373 Å². The normalized spacial score (nSPS) is 12.7. The lowest BCUT2D eigenvalue weighted by atomic mass is 10.0. The molecule has 0 radical (unpaired) electrons. The second-order valence-corrected chi connectivity index (χ2v) is 23.5. The van der Waals surface area contributed by atoms with Gasteiger partial charge in [-0.05, 0) is 77.0 Å². The zero-order valence-corrected chi connectivity index (χ0v) is 51.3. The number of hydrogen-bond acceptors (Lipinski definition) is 5. The smallest absolute Gasteiger partial charge is 0.305 e. The van der Waals surface area contributed by atoms with Gasteiger partial charge in [0, 0.05) is 12.8 Å². The number of carbonyl (C=O) groups excluding carboxylic acids is 2. The van der Waals surface area contributed by atoms with Gasteiger partial charge in [0.1, 0.15) is 0 Å². The van der Waals surface area contributed by atoms with Crippen LogP contribution in [-0.2, 0) is 14.3 Å². The van der Waals surface area contributed by atoms with E-state index in [1.54, 1.807) is 6.08 Å². The van der Waals surface area contributed by atoms with Crippen molar-refractivity contribution in [3.63, 3.8) is 0 Å². The predicted octanol–water partition coefficient (Wildman–Crippen LogP) is 21.9. The molecule has 0 saturated heterocycles. The van der Waals surface area contributed by atoms with Gasteiger partial charge in [0.05, 0.1) is 25.4 Å². The topological polar surface area (TPSA) is 95.9 Å². The molecule has 0 spiro atoms. The number of ether oxygens (including phenoxy) is 1. The van der Waals surface area contributed by atoms with Crippen molar-refractivity contribution in [3.8, 4) is 0 Å². The average molecular weight is 1070 g/mol. The number of nitrogens with one attached hydrogen (secondary N) is 1. The molecule has 0 heterocycles. The summed E-state index contributed by atoms with van der Waals surface area (Å²) in [5.41, 5.74) is 0. The molecule has 2 atom stereocenters. The lowest BCUT2D eigenvalue weighted by Gasteiger charge is -2.20. The third-order valence-corrected chi connectivity index (χ3v) is 15.9. The van der Waals surface area contributed by atoms with Gasteiger partial charge in [0.15, 0.2) is 0 Å². The van der Waals surface area contributed by atoms with Crippen LogP contribution in [0.25, 0.3) is 0 Å². The number of aliphatic hydroxyl groups excluding tert-OH is 2. The Morgan fingerprint density at radius 3 is 0.974 bits per heavy atom. The number of allylic oxidation sites excluding steroid dienone is 5. The maximum Gasteiger partial charge on any atom is 0.305 e. The van der Waals surface area contributed by atoms with Crippen LogP contribution in [0.15, 0.2) is 36.5 Å². The Morgan fingerprint density at radius 2 is 0.632 bits per heavy atom. The third-order valence-electron chi connectivity index (χ3n) is 15.9. The van der Waals surface area contributed by atoms with Gasteiger partial charge in [-0.15, -0.1) is 0 Å². The van der Waals surface area contributed by atoms with Crippen molar-refractivity contribution in [2.75, 3.05) is 13.2 Å². The monoisotopic (exact) mass is 1070 g/mol. The molecule has 0 aliphatic heterocycles. The van der Waals surface area contributed by atoms with Crippen molar-refractivity contribution in [1.82, 2.24) is 5.32 Å². The molecule has 0 bridgehead atoms. The second kappa shape index (κ2) is 65.6. The molecule has 0 aliphatic carbocycles. The van der Waals surface area contributed by atoms with Crippen LogP contribution in [0.2, 0.25) is 0 Å². The first kappa shape index (κ1) is 74.1. The first-order chi connectivity index (χ1) is 37.5. The summed E-state index contributed by atoms with van der Waals surface area (Å²) in [5, 5.41) is 23.2. The quantitative estimate of drug-likeness (QED) is 0.0320. The van der Waals surface area contributed by atoms with Gasteiger partial charge in [0.2, 0.25) is 5.91 Å². The maximum atomic E-state index is 12.5. The highest BCUT2D eigenvalue weighted by atomic mass is 16.5. The Balaban J connectivity index is 3.37. The van der Waals surface area contributed by atoms with E-state index in [1.807, 2.05) is 6.08 Å². The van der Waals surface area contributed by atoms with Gasteiger partial charge >= 0.3 is 5.97 Å². The molecule has 6 heteroatoms. The van der Waals surface area contributed by atoms with Crippen LogP contribution in [0.4, 0.5) is 0 Å². The van der Waals surface area contributed by atoms with E-state index in [4.69, 9.17) is 4.74 Å². The van der Waals surface area contributed by atoms with Gasteiger partial charge in [-0.25, -0.2) is 0 Å². The van der Waals surface area contributed by atoms with E-state index < -0.39 is 12.1 Å². The minimum Gasteiger partial charge on any atom is -0.466 e. The minimum absolute atomic E-state index is 0.00738. The molecule has 448 valence electrons. The summed E-state index contributed by atoms with van der Waals surface area (Å²) in [5.74, 6) is -0.0555. The highest BCUT2D eigenvalue weighted by Gasteiger charge is 2.18. The Hall–Kier alpha value is -1.92. The maximum absolute atomic E-state index is 12.5. The van der Waals surface area contributed by atoms with Crippen molar-refractivity contribution in [3.05, 3.63) is 36.5 Å². The van der Waals surface area contributed by atoms with Gasteiger partial charge in [-0.3, -0.25) is 9.59 Å². The van der Waals surface area contributed by atoms with Crippen LogP contribution in [0.3, 0.4) is 0 Å². The number of hydrogen-bond donors (Lipinski definition) is 3. The molecule has 0 rings (SSSR count). The third kappa shape index (κ3) is 61.3. The summed E-state index contributed by atoms with van der Waals surface area (Å²) >= 11 is 0. The van der Waals surface area contributed by atoms with E-state index in [0.717, 1.165) is 44.9 Å². The highest BCUT2D eigenvalue weighted by molar-refractivity contribution is 5.76. The fraction of sp³-hybridized carbons (Fsp3) is 0.886. The van der Waals surface area contributed by atoms with E-state index in [2.05, 4.69) is 43.5 Å². The number of esters is 1. The first-order valence-electron chi connectivity index (χ1n) is 34.3. The summed E-state index contributed by atoms with van der Waals surface area (Å²) in [7, 11) is 0. The summed E-state index contributed by atoms with van der Waals surface area (Å²) < 4.78 is 5.46. The summed E-state index contributed by atoms with van der Waals surface area (Å²) in [6.45, 7) is 4.89. The molecule has 6 nitrogen and oxygen atoms in total. The lowest BCUT2D eigenvalue weighted by molar-refractivity contribution is -0.143. The van der Waals surface area contributed by atoms with Gasteiger partial charge in [0.25, 0.3) is 0 Å². The van der Waals surface area contributed by atoms with Crippen molar-refractivity contribution < 1.29 is 24.5 Å². The Morgan fingerprint density at radius 1 is 0.355 bits per heavy atom. The molecule has 1 amide bonds. The molecule has 0 saturated carbocycles. The number of aliphatic hydroxyl groups is 2. The number of rotatable bonds is 64. The molecular formula is C70H133NO5. The molecule has 0 aromatic rings. The number of amides is 1. The molecule has 0 fully saturated rings. The van der Waals surface area contributed by atoms with Gasteiger partial charge in [-0.2, -0.15) is 0 Å². The minimum atomic E-state index is -0.842. The van der Waals surface area contributed by atoms with E-state index in [1.165, 1.54) is 302 Å². The predicted molar refractivity (Wildman–Crippen MR) is 333 cm³/mol. The summed E-state index contributed by atoms with van der Waals surface area (Å²) in [6.07, 6.45) is 83.7. The van der Waals surface area contributed by atoms with Crippen molar-refractivity contribution >= 4 is 11.9 Å². The van der Waals surface area contributed by atoms with Gasteiger partial charge in [-0.1, -0.05) is 320 Å². The standard InChI is InChI=1S/C70H133NO5/c1-3-5-7-9-11-13-15-16-36-39-43-46-50-54-58-62-68(73)67(66-72)71-69(74)63-59-55-51-47-44-40-37-34-32-30-28-26-24-22-20-18-17-19-21-23-25-27-29-31-33-35-38-41-45-49-53-57-61-65-76-70(75)64-60-56-52-48-42-14-12-10-8-6-4-2/h10,12,21,23,58,62,67-68,72-73H,3-9,11,13-20,22,24-57,59-61,63-66H2,1-2H3,(H,71,74)/b12-10-,23-21-,62-58+. The number of carbonyl (C=O) groups is 2. The van der Waals surface area contributed by atoms with Crippen molar-refractivity contribution in [1.29, 1.82) is 0 Å². The van der Waals surface area contributed by atoms with Crippen LogP contribution in [0, 0.1) is 0 Å². The lowest BCUT2D eigenvalue weighted by Crippen LogP contribution is -2.45. The summed E-state index contributed by atoms with van der Waals surface area (Å²) in [4.78, 5) is 24.5. The fourth-order valence-corrected chi connectivity index (χ4v) is 10.6. The molecule has 0 aromatic heterocycles. The zero-order chi connectivity index (χ0) is 55.0. The van der Waals surface area contributed by atoms with Crippen LogP contribution >= 0.6 is 0 Å². The Kier molecular flexibility index (Phi) is 63.9. The molecule has 0 aliphatic rings. The van der Waals surface area contributed by atoms with Gasteiger partial charge < -0.3 is 20.3 Å². The first-order valence-corrected chi connectivity index (χ1v) is 34.3. The zero-order valence-electron chi connectivity index (χ0n) is 51.3. The van der Waals surface area contributed by atoms with E-state index >= 15 is 0 Å². The Bertz CT molecular complexity index is 1230. The molecule has 76 heavy (non-hydrogen) atoms. The average Bonchev–Trinajstić information content (AvgIpc) is 3.42. The van der Waals surface area contributed by atoms with Crippen molar-refractivity contribution in [2.45, 2.75) is 386 Å². The van der Waals surface area contributed by atoms with E-state index in [-0.39, 0.29) is 18.5 Å². The largest absolute Gasteiger partial charge is 0.466 e. The highest BCUT2D eigenvalue weighted by Crippen LogP contribution is 2.18. The summed E-state index contributed by atoms with van der Waals surface area (Å²) in [6, 6.07) is -0.625.